The third kappa shape index (κ3) is 40.0. The standard InChI is InChI=1S/C12H24.C11H22.C10H20.2C9H18O2.2C9H18O.CH4/c1-10(12(2,3)4)11-8-6-5-7-9-11;1-11(2,3)9-10-7-5-4-6-8-10;1-10(2,3)9-7-5-4-6-8-9;2*1-9(2,3)6-8-7-10-4-5-11-8;1-9(2,3)8-4-6-10-7-5-8;1-9(2,3)8-5-4-6-10-7-8;/h10-11H,5-9H2,1-4H3;10H,4-9H2,1-3H3;9H,4-8H2,1-3H3;2*8H,4-7H2,1-3H3;2*8H,4-7H2,1-3H3;1H4/t;;;2*8-;;;/m...10.../s1. The maximum Gasteiger partial charge on any atom is 0.0814 e. The Hall–Kier alpha value is -0.240. The van der Waals surface area contributed by atoms with Crippen molar-refractivity contribution in [2.45, 2.75) is 313 Å². The van der Waals surface area contributed by atoms with Gasteiger partial charge in [-0.2, -0.15) is 0 Å². The maximum absolute atomic E-state index is 5.53. The largest absolute Gasteiger partial charge is 0.381 e. The normalized spacial score (nSPS) is 24.6. The highest BCUT2D eigenvalue weighted by Crippen LogP contribution is 2.40. The summed E-state index contributed by atoms with van der Waals surface area (Å²) in [7, 11) is 0. The summed E-state index contributed by atoms with van der Waals surface area (Å²) in [4.78, 5) is 0. The van der Waals surface area contributed by atoms with Crippen LogP contribution in [0.3, 0.4) is 0 Å². The van der Waals surface area contributed by atoms with Gasteiger partial charge < -0.3 is 28.4 Å². The molecule has 2 unspecified atom stereocenters. The molecular weight excluding hydrogens is 937 g/mol. The van der Waals surface area contributed by atoms with Crippen molar-refractivity contribution in [1.82, 2.24) is 0 Å². The lowest BCUT2D eigenvalue weighted by Crippen LogP contribution is -2.31. The second kappa shape index (κ2) is 37.8. The van der Waals surface area contributed by atoms with E-state index in [-0.39, 0.29) is 7.43 Å². The molecule has 0 spiro atoms. The molecule has 7 rings (SSSR count). The van der Waals surface area contributed by atoms with E-state index in [0.29, 0.717) is 50.1 Å². The first-order chi connectivity index (χ1) is 34.6. The molecule has 4 aliphatic heterocycles. The van der Waals surface area contributed by atoms with Crippen LogP contribution in [0.4, 0.5) is 0 Å². The van der Waals surface area contributed by atoms with Crippen molar-refractivity contribution in [3.63, 3.8) is 0 Å². The summed E-state index contributed by atoms with van der Waals surface area (Å²) in [5.74, 6) is 5.61. The SMILES string of the molecule is C.CC(C)(C)C1CCCCC1.CC(C)(C)C1CCCOC1.CC(C)(C)C1CCOCC1.CC(C)(C)CC1CCCCC1.CC(C)(C)C[C@@H]1COCCO1.CC(C)(C)C[C@H]1COCCO1.CC(C1CCCCC1)C(C)(C)C. The van der Waals surface area contributed by atoms with Gasteiger partial charge in [-0.05, 0) is 131 Å². The van der Waals surface area contributed by atoms with Crippen LogP contribution in [0.5, 0.6) is 0 Å². The van der Waals surface area contributed by atoms with Gasteiger partial charge in [-0.3, -0.25) is 0 Å². The van der Waals surface area contributed by atoms with E-state index in [4.69, 9.17) is 28.4 Å². The van der Waals surface area contributed by atoms with Crippen LogP contribution in [0.1, 0.15) is 301 Å². The van der Waals surface area contributed by atoms with Crippen LogP contribution < -0.4 is 0 Å². The quantitative estimate of drug-likeness (QED) is 0.280. The van der Waals surface area contributed by atoms with Crippen molar-refractivity contribution in [3.8, 4) is 0 Å². The minimum atomic E-state index is 0. The van der Waals surface area contributed by atoms with E-state index in [2.05, 4.69) is 152 Å². The van der Waals surface area contributed by atoms with Gasteiger partial charge in [-0.1, -0.05) is 243 Å². The molecule has 0 amide bonds. The van der Waals surface area contributed by atoms with Crippen molar-refractivity contribution >= 4 is 0 Å². The Bertz CT molecular complexity index is 1180. The zero-order chi connectivity index (χ0) is 57.0. The van der Waals surface area contributed by atoms with Crippen molar-refractivity contribution < 1.29 is 28.4 Å². The Kier molecular flexibility index (Phi) is 37.7. The van der Waals surface area contributed by atoms with Crippen molar-refractivity contribution in [2.75, 3.05) is 66.1 Å². The van der Waals surface area contributed by atoms with Gasteiger partial charge in [0.15, 0.2) is 0 Å². The average molecular weight is 1080 g/mol. The first-order valence-electron chi connectivity index (χ1n) is 32.1. The molecule has 76 heavy (non-hydrogen) atoms. The van der Waals surface area contributed by atoms with Crippen LogP contribution in [0.15, 0.2) is 0 Å². The summed E-state index contributed by atoms with van der Waals surface area (Å²) in [6.07, 6.45) is 31.6. The number of ether oxygens (including phenoxy) is 6. The van der Waals surface area contributed by atoms with Crippen LogP contribution >= 0.6 is 0 Å². The third-order valence-corrected chi connectivity index (χ3v) is 17.5. The predicted molar refractivity (Wildman–Crippen MR) is 334 cm³/mol. The van der Waals surface area contributed by atoms with E-state index in [9.17, 15) is 0 Å². The Morgan fingerprint density at radius 2 is 0.684 bits per heavy atom. The van der Waals surface area contributed by atoms with E-state index in [0.717, 1.165) is 114 Å². The van der Waals surface area contributed by atoms with Crippen LogP contribution in [-0.2, 0) is 28.4 Å². The third-order valence-electron chi connectivity index (χ3n) is 17.5. The van der Waals surface area contributed by atoms with Crippen molar-refractivity contribution in [1.29, 1.82) is 0 Å². The molecule has 0 aromatic rings. The lowest BCUT2D eigenvalue weighted by molar-refractivity contribution is -0.100. The fourth-order valence-electron chi connectivity index (χ4n) is 12.2. The smallest absolute Gasteiger partial charge is 0.0814 e. The van der Waals surface area contributed by atoms with Crippen LogP contribution in [0.2, 0.25) is 0 Å². The van der Waals surface area contributed by atoms with E-state index in [1.165, 1.54) is 128 Å². The highest BCUT2D eigenvalue weighted by Gasteiger charge is 2.31. The molecule has 7 aliphatic rings. The molecule has 458 valence electrons. The fraction of sp³-hybridized carbons (Fsp3) is 1.00. The molecule has 0 radical (unpaired) electrons. The topological polar surface area (TPSA) is 55.4 Å². The Morgan fingerprint density at radius 1 is 0.329 bits per heavy atom. The maximum atomic E-state index is 5.53. The fourth-order valence-corrected chi connectivity index (χ4v) is 12.2. The monoisotopic (exact) mass is 1080 g/mol. The van der Waals surface area contributed by atoms with E-state index in [1.54, 1.807) is 0 Å². The average Bonchev–Trinajstić information content (AvgIpc) is 3.32. The second-order valence-corrected chi connectivity index (χ2v) is 32.7. The summed E-state index contributed by atoms with van der Waals surface area (Å²) in [6, 6.07) is 0. The molecule has 6 heteroatoms. The molecule has 0 N–H and O–H groups in total. The molecule has 3 saturated carbocycles. The van der Waals surface area contributed by atoms with Crippen LogP contribution in [0, 0.1) is 73.4 Å². The molecule has 4 heterocycles. The van der Waals surface area contributed by atoms with E-state index < -0.39 is 0 Å². The summed E-state index contributed by atoms with van der Waals surface area (Å²) < 4.78 is 32.4. The van der Waals surface area contributed by atoms with Gasteiger partial charge in [-0.25, -0.2) is 0 Å². The van der Waals surface area contributed by atoms with Gasteiger partial charge in [0.1, 0.15) is 0 Å². The molecule has 7 fully saturated rings. The lowest BCUT2D eigenvalue weighted by atomic mass is 9.69. The zero-order valence-corrected chi connectivity index (χ0v) is 55.2. The molecule has 0 aromatic carbocycles. The summed E-state index contributed by atoms with van der Waals surface area (Å²) in [5.41, 5.74) is 3.28. The molecule has 4 atom stereocenters. The minimum Gasteiger partial charge on any atom is -0.381 e. The second-order valence-electron chi connectivity index (χ2n) is 32.7. The van der Waals surface area contributed by atoms with E-state index >= 15 is 0 Å². The zero-order valence-electron chi connectivity index (χ0n) is 55.2. The number of hydrogen-bond acceptors (Lipinski definition) is 6. The van der Waals surface area contributed by atoms with Gasteiger partial charge in [0.05, 0.1) is 51.8 Å². The van der Waals surface area contributed by atoms with Gasteiger partial charge in [0, 0.05) is 26.4 Å². The predicted octanol–water partition coefficient (Wildman–Crippen LogP) is 21.1. The van der Waals surface area contributed by atoms with Gasteiger partial charge in [0.25, 0.3) is 0 Å². The highest BCUT2D eigenvalue weighted by molar-refractivity contribution is 4.81. The summed E-state index contributed by atoms with van der Waals surface area (Å²) in [5, 5.41) is 0. The Balaban J connectivity index is 0.000000862. The van der Waals surface area contributed by atoms with E-state index in [1.807, 2.05) is 0 Å². The van der Waals surface area contributed by atoms with Crippen molar-refractivity contribution in [3.05, 3.63) is 0 Å². The van der Waals surface area contributed by atoms with Crippen LogP contribution in [0.25, 0.3) is 0 Å². The highest BCUT2D eigenvalue weighted by atomic mass is 16.6. The molecule has 0 bridgehead atoms. The first kappa shape index (κ1) is 75.8. The molecule has 6 nitrogen and oxygen atoms in total. The first-order valence-corrected chi connectivity index (χ1v) is 32.1. The number of rotatable bonds is 4. The van der Waals surface area contributed by atoms with Gasteiger partial charge in [-0.15, -0.1) is 0 Å². The summed E-state index contributed by atoms with van der Waals surface area (Å²) in [6.45, 7) is 59.5. The Morgan fingerprint density at radius 3 is 0.974 bits per heavy atom. The molecule has 3 aliphatic carbocycles. The van der Waals surface area contributed by atoms with Gasteiger partial charge in [0.2, 0.25) is 0 Å². The van der Waals surface area contributed by atoms with Crippen LogP contribution in [-0.4, -0.2) is 78.3 Å². The molecular formula is C70H142O6. The molecule has 0 aromatic heterocycles. The molecule has 4 saturated heterocycles. The number of hydrogen-bond donors (Lipinski definition) is 0. The van der Waals surface area contributed by atoms with Gasteiger partial charge >= 0.3 is 0 Å². The summed E-state index contributed by atoms with van der Waals surface area (Å²) >= 11 is 0. The minimum absolute atomic E-state index is 0. The van der Waals surface area contributed by atoms with Crippen molar-refractivity contribution in [2.24, 2.45) is 73.4 Å². The Labute approximate surface area is 479 Å². The lowest BCUT2D eigenvalue weighted by Gasteiger charge is -2.36.